The minimum absolute atomic E-state index is 0.152. The number of hydrogen-bond donors (Lipinski definition) is 1. The third kappa shape index (κ3) is 5.23. The van der Waals surface area contributed by atoms with Crippen LogP contribution in [0.15, 0.2) is 52.6 Å². The van der Waals surface area contributed by atoms with Gasteiger partial charge in [0.1, 0.15) is 11.5 Å². The first-order chi connectivity index (χ1) is 17.5. The summed E-state index contributed by atoms with van der Waals surface area (Å²) in [4.78, 5) is 36.6. The molecule has 186 valence electrons. The van der Waals surface area contributed by atoms with Crippen molar-refractivity contribution >= 4 is 28.8 Å². The number of aryl methyl sites for hydroxylation is 3. The Labute approximate surface area is 213 Å². The van der Waals surface area contributed by atoms with Crippen LogP contribution in [0.4, 0.5) is 5.69 Å². The number of piperidine rings is 1. The molecule has 5 rings (SSSR count). The van der Waals surface area contributed by atoms with E-state index in [1.54, 1.807) is 28.6 Å². The summed E-state index contributed by atoms with van der Waals surface area (Å²) in [6, 6.07) is 9.28. The molecule has 5 heterocycles. The van der Waals surface area contributed by atoms with Crippen LogP contribution in [0.5, 0.6) is 0 Å². The van der Waals surface area contributed by atoms with Gasteiger partial charge in [0.2, 0.25) is 5.91 Å². The number of aromatic nitrogens is 4. The molecule has 0 spiro atoms. The molecule has 0 atom stereocenters. The Morgan fingerprint density at radius 1 is 1.19 bits per heavy atom. The van der Waals surface area contributed by atoms with Crippen molar-refractivity contribution in [3.63, 3.8) is 0 Å². The lowest BCUT2D eigenvalue weighted by molar-refractivity contribution is -0.132. The molecule has 36 heavy (non-hydrogen) atoms. The number of carbonyl (C=O) groups is 2. The van der Waals surface area contributed by atoms with Crippen LogP contribution < -0.4 is 5.32 Å². The number of amides is 2. The molecule has 1 aliphatic heterocycles. The number of anilines is 1. The third-order valence-electron chi connectivity index (χ3n) is 6.36. The van der Waals surface area contributed by atoms with Crippen LogP contribution in [0.25, 0.3) is 5.82 Å². The van der Waals surface area contributed by atoms with E-state index in [4.69, 9.17) is 4.42 Å². The molecule has 0 aliphatic carbocycles. The Hall–Kier alpha value is -3.79. The van der Waals surface area contributed by atoms with Crippen LogP contribution in [0.1, 0.15) is 57.8 Å². The minimum atomic E-state index is -0.279. The fourth-order valence-electron chi connectivity index (χ4n) is 4.49. The SMILES string of the molecule is Cc1cc(C)n(-c2ncccc2NC(=O)c2csc(C3CCN(C(=O)CCc4ccco4)CC3)n2)n1. The largest absolute Gasteiger partial charge is 0.469 e. The molecule has 9 nitrogen and oxygen atoms in total. The summed E-state index contributed by atoms with van der Waals surface area (Å²) in [6.07, 6.45) is 6.06. The maximum Gasteiger partial charge on any atom is 0.275 e. The lowest BCUT2D eigenvalue weighted by Gasteiger charge is -2.31. The normalized spacial score (nSPS) is 14.2. The van der Waals surface area contributed by atoms with Crippen LogP contribution in [0, 0.1) is 13.8 Å². The third-order valence-corrected chi connectivity index (χ3v) is 7.37. The summed E-state index contributed by atoms with van der Waals surface area (Å²) < 4.78 is 7.05. The number of pyridine rings is 1. The van der Waals surface area contributed by atoms with Gasteiger partial charge < -0.3 is 14.6 Å². The predicted octanol–water partition coefficient (Wildman–Crippen LogP) is 4.52. The minimum Gasteiger partial charge on any atom is -0.469 e. The number of hydrogen-bond acceptors (Lipinski definition) is 7. The molecule has 1 fully saturated rings. The zero-order valence-electron chi connectivity index (χ0n) is 20.3. The first-order valence-electron chi connectivity index (χ1n) is 12.0. The van der Waals surface area contributed by atoms with Crippen LogP contribution in [-0.2, 0) is 11.2 Å². The van der Waals surface area contributed by atoms with Crippen molar-refractivity contribution in [1.29, 1.82) is 0 Å². The quantitative estimate of drug-likeness (QED) is 0.397. The van der Waals surface area contributed by atoms with Crippen molar-refractivity contribution in [2.24, 2.45) is 0 Å². The van der Waals surface area contributed by atoms with Crippen LogP contribution in [-0.4, -0.2) is 49.6 Å². The van der Waals surface area contributed by atoms with Crippen molar-refractivity contribution in [2.75, 3.05) is 18.4 Å². The standard InChI is InChI=1S/C26H28N6O3S/c1-17-15-18(2)32(30-17)24-21(6-3-11-27-24)28-25(34)22-16-36-26(29-22)19-9-12-31(13-10-19)23(33)8-7-20-5-4-14-35-20/h3-6,11,14-16,19H,7-10,12-13H2,1-2H3,(H,28,34). The molecule has 0 unspecified atom stereocenters. The van der Waals surface area contributed by atoms with E-state index in [1.807, 2.05) is 43.0 Å². The summed E-state index contributed by atoms with van der Waals surface area (Å²) in [7, 11) is 0. The monoisotopic (exact) mass is 504 g/mol. The van der Waals surface area contributed by atoms with E-state index >= 15 is 0 Å². The highest BCUT2D eigenvalue weighted by Crippen LogP contribution is 2.31. The summed E-state index contributed by atoms with van der Waals surface area (Å²) in [6.45, 7) is 5.27. The van der Waals surface area contributed by atoms with Crippen molar-refractivity contribution in [3.05, 3.63) is 76.0 Å². The number of furan rings is 1. The average molecular weight is 505 g/mol. The van der Waals surface area contributed by atoms with Gasteiger partial charge in [0.05, 0.1) is 22.7 Å². The van der Waals surface area contributed by atoms with E-state index in [-0.39, 0.29) is 17.7 Å². The average Bonchev–Trinajstić information content (AvgIpc) is 3.65. The smallest absolute Gasteiger partial charge is 0.275 e. The van der Waals surface area contributed by atoms with Gasteiger partial charge in [0.15, 0.2) is 5.82 Å². The van der Waals surface area contributed by atoms with Crippen LogP contribution in [0.2, 0.25) is 0 Å². The van der Waals surface area contributed by atoms with Crippen LogP contribution in [0.3, 0.4) is 0 Å². The van der Waals surface area contributed by atoms with E-state index in [0.717, 1.165) is 35.0 Å². The van der Waals surface area contributed by atoms with E-state index in [1.165, 1.54) is 11.3 Å². The van der Waals surface area contributed by atoms with Crippen molar-refractivity contribution < 1.29 is 14.0 Å². The van der Waals surface area contributed by atoms with E-state index in [0.29, 0.717) is 43.1 Å². The molecule has 0 aromatic carbocycles. The van der Waals surface area contributed by atoms with E-state index in [2.05, 4.69) is 20.4 Å². The fraction of sp³-hybridized carbons (Fsp3) is 0.346. The Kier molecular flexibility index (Phi) is 6.95. The topological polar surface area (TPSA) is 106 Å². The molecule has 4 aromatic rings. The highest BCUT2D eigenvalue weighted by molar-refractivity contribution is 7.10. The van der Waals surface area contributed by atoms with Gasteiger partial charge in [0.25, 0.3) is 5.91 Å². The predicted molar refractivity (Wildman–Crippen MR) is 136 cm³/mol. The van der Waals surface area contributed by atoms with Gasteiger partial charge in [-0.05, 0) is 57.0 Å². The number of carbonyl (C=O) groups excluding carboxylic acids is 2. The summed E-state index contributed by atoms with van der Waals surface area (Å²) in [5, 5.41) is 10.2. The van der Waals surface area contributed by atoms with Gasteiger partial charge in [-0.2, -0.15) is 5.10 Å². The van der Waals surface area contributed by atoms with Crippen molar-refractivity contribution in [1.82, 2.24) is 24.6 Å². The van der Waals surface area contributed by atoms with Gasteiger partial charge in [0, 0.05) is 49.1 Å². The number of nitrogens with zero attached hydrogens (tertiary/aromatic N) is 5. The fourth-order valence-corrected chi connectivity index (χ4v) is 5.46. The van der Waals surface area contributed by atoms with Crippen molar-refractivity contribution in [2.45, 2.75) is 45.4 Å². The molecule has 1 aliphatic rings. The Morgan fingerprint density at radius 3 is 2.75 bits per heavy atom. The summed E-state index contributed by atoms with van der Waals surface area (Å²) in [5.74, 6) is 1.52. The first kappa shape index (κ1) is 23.9. The Balaban J connectivity index is 1.19. The first-order valence-corrected chi connectivity index (χ1v) is 12.9. The van der Waals surface area contributed by atoms with Gasteiger partial charge in [-0.3, -0.25) is 9.59 Å². The number of thiazole rings is 1. The molecule has 1 N–H and O–H groups in total. The lowest BCUT2D eigenvalue weighted by atomic mass is 9.97. The zero-order valence-corrected chi connectivity index (χ0v) is 21.1. The number of likely N-dealkylation sites (tertiary alicyclic amines) is 1. The Morgan fingerprint density at radius 2 is 2.03 bits per heavy atom. The van der Waals surface area contributed by atoms with E-state index in [9.17, 15) is 9.59 Å². The van der Waals surface area contributed by atoms with Gasteiger partial charge in [-0.25, -0.2) is 14.6 Å². The maximum absolute atomic E-state index is 13.0. The molecule has 4 aromatic heterocycles. The van der Waals surface area contributed by atoms with Gasteiger partial charge in [-0.1, -0.05) is 0 Å². The molecule has 0 saturated carbocycles. The number of rotatable bonds is 7. The number of nitrogens with one attached hydrogen (secondary N) is 1. The highest BCUT2D eigenvalue weighted by Gasteiger charge is 2.26. The lowest BCUT2D eigenvalue weighted by Crippen LogP contribution is -2.38. The highest BCUT2D eigenvalue weighted by atomic mass is 32.1. The summed E-state index contributed by atoms with van der Waals surface area (Å²) >= 11 is 1.50. The second-order valence-electron chi connectivity index (χ2n) is 8.97. The van der Waals surface area contributed by atoms with Gasteiger partial charge in [-0.15, -0.1) is 11.3 Å². The second-order valence-corrected chi connectivity index (χ2v) is 9.86. The molecule has 2 amide bonds. The molecule has 10 heteroatoms. The molecule has 0 radical (unpaired) electrons. The second kappa shape index (κ2) is 10.4. The molecule has 1 saturated heterocycles. The zero-order chi connectivity index (χ0) is 25.1. The van der Waals surface area contributed by atoms with Crippen LogP contribution >= 0.6 is 11.3 Å². The maximum atomic E-state index is 13.0. The summed E-state index contributed by atoms with van der Waals surface area (Å²) in [5.41, 5.74) is 2.77. The van der Waals surface area contributed by atoms with Crippen molar-refractivity contribution in [3.8, 4) is 5.82 Å². The van der Waals surface area contributed by atoms with E-state index < -0.39 is 0 Å². The Bertz CT molecular complexity index is 1350. The molecule has 0 bridgehead atoms. The van der Waals surface area contributed by atoms with Gasteiger partial charge >= 0.3 is 0 Å². The molecular formula is C26H28N6O3S. The molecular weight excluding hydrogens is 476 g/mol.